The lowest BCUT2D eigenvalue weighted by Gasteiger charge is -2.38. The van der Waals surface area contributed by atoms with Gasteiger partial charge in [-0.25, -0.2) is 4.79 Å². The summed E-state index contributed by atoms with van der Waals surface area (Å²) in [5, 5.41) is 0. The van der Waals surface area contributed by atoms with Crippen LogP contribution in [0.25, 0.3) is 0 Å². The second kappa shape index (κ2) is 7.99. The third kappa shape index (κ3) is 3.94. The molecule has 152 valence electrons. The van der Waals surface area contributed by atoms with Crippen LogP contribution in [0.3, 0.4) is 0 Å². The summed E-state index contributed by atoms with van der Waals surface area (Å²) in [5.74, 6) is 1.85. The van der Waals surface area contributed by atoms with Crippen molar-refractivity contribution in [2.45, 2.75) is 38.8 Å². The Kier molecular flexibility index (Phi) is 5.44. The minimum absolute atomic E-state index is 0.0453. The van der Waals surface area contributed by atoms with Crippen molar-refractivity contribution in [3.8, 4) is 11.5 Å². The van der Waals surface area contributed by atoms with Gasteiger partial charge in [0, 0.05) is 19.6 Å². The van der Waals surface area contributed by atoms with Crippen LogP contribution in [-0.4, -0.2) is 78.1 Å². The first-order valence-electron chi connectivity index (χ1n) is 10.2. The molecule has 3 heterocycles. The topological polar surface area (TPSA) is 62.3 Å². The predicted octanol–water partition coefficient (Wildman–Crippen LogP) is 2.21. The fourth-order valence-corrected chi connectivity index (χ4v) is 4.36. The Labute approximate surface area is 166 Å². The molecule has 0 bridgehead atoms. The highest BCUT2D eigenvalue weighted by Crippen LogP contribution is 2.31. The zero-order valence-corrected chi connectivity index (χ0v) is 16.7. The van der Waals surface area contributed by atoms with Crippen LogP contribution < -0.4 is 9.47 Å². The molecule has 0 saturated carbocycles. The summed E-state index contributed by atoms with van der Waals surface area (Å²) in [4.78, 5) is 30.7. The summed E-state index contributed by atoms with van der Waals surface area (Å²) >= 11 is 0. The lowest BCUT2D eigenvalue weighted by Crippen LogP contribution is -2.53. The van der Waals surface area contributed by atoms with Gasteiger partial charge in [-0.1, -0.05) is 26.0 Å². The van der Waals surface area contributed by atoms with E-state index in [1.165, 1.54) is 4.90 Å². The van der Waals surface area contributed by atoms with Gasteiger partial charge in [0.05, 0.1) is 6.04 Å². The largest absolute Gasteiger partial charge is 0.486 e. The molecule has 3 aliphatic heterocycles. The number of hydrogen-bond acceptors (Lipinski definition) is 5. The third-order valence-electron chi connectivity index (χ3n) is 5.53. The maximum atomic E-state index is 12.8. The first-order chi connectivity index (χ1) is 13.5. The van der Waals surface area contributed by atoms with E-state index in [0.29, 0.717) is 25.6 Å². The molecule has 7 nitrogen and oxygen atoms in total. The van der Waals surface area contributed by atoms with Crippen molar-refractivity contribution in [1.29, 1.82) is 0 Å². The summed E-state index contributed by atoms with van der Waals surface area (Å²) in [6.07, 6.45) is 1.79. The van der Waals surface area contributed by atoms with E-state index in [9.17, 15) is 9.59 Å². The highest BCUT2D eigenvalue weighted by molar-refractivity contribution is 6.02. The van der Waals surface area contributed by atoms with Gasteiger partial charge in [-0.05, 0) is 37.4 Å². The SMILES string of the molecule is CC(C)CN1CC(=O)N(C2CCCN(CC3COc4ccccc4O3)C2)C1=O. The predicted molar refractivity (Wildman–Crippen MR) is 104 cm³/mol. The van der Waals surface area contributed by atoms with Gasteiger partial charge in [-0.15, -0.1) is 0 Å². The Morgan fingerprint density at radius 1 is 1.18 bits per heavy atom. The van der Waals surface area contributed by atoms with Crippen molar-refractivity contribution < 1.29 is 19.1 Å². The van der Waals surface area contributed by atoms with Gasteiger partial charge in [0.2, 0.25) is 0 Å². The van der Waals surface area contributed by atoms with Crippen LogP contribution in [0.1, 0.15) is 26.7 Å². The number of piperidine rings is 1. The van der Waals surface area contributed by atoms with Gasteiger partial charge in [-0.2, -0.15) is 0 Å². The molecular weight excluding hydrogens is 358 g/mol. The molecule has 3 aliphatic rings. The number of urea groups is 1. The van der Waals surface area contributed by atoms with Crippen molar-refractivity contribution in [3.05, 3.63) is 24.3 Å². The minimum Gasteiger partial charge on any atom is -0.486 e. The molecule has 7 heteroatoms. The van der Waals surface area contributed by atoms with E-state index >= 15 is 0 Å². The molecule has 0 radical (unpaired) electrons. The number of carbonyl (C=O) groups excluding carboxylic acids is 2. The molecule has 0 spiro atoms. The average molecular weight is 387 g/mol. The van der Waals surface area contributed by atoms with E-state index in [-0.39, 0.29) is 30.6 Å². The van der Waals surface area contributed by atoms with Crippen LogP contribution in [0.15, 0.2) is 24.3 Å². The van der Waals surface area contributed by atoms with Crippen molar-refractivity contribution in [2.24, 2.45) is 5.92 Å². The Hall–Kier alpha value is -2.28. The zero-order valence-electron chi connectivity index (χ0n) is 16.7. The van der Waals surface area contributed by atoms with Crippen LogP contribution in [-0.2, 0) is 4.79 Å². The molecule has 2 atom stereocenters. The number of ether oxygens (including phenoxy) is 2. The number of hydrogen-bond donors (Lipinski definition) is 0. The molecule has 0 aliphatic carbocycles. The molecule has 1 aromatic carbocycles. The number of carbonyl (C=O) groups is 2. The number of nitrogens with zero attached hydrogens (tertiary/aromatic N) is 3. The molecule has 0 aromatic heterocycles. The number of fused-ring (bicyclic) bond motifs is 1. The molecule has 2 fully saturated rings. The Morgan fingerprint density at radius 2 is 1.96 bits per heavy atom. The summed E-state index contributed by atoms with van der Waals surface area (Å²) in [6, 6.07) is 7.53. The maximum Gasteiger partial charge on any atom is 0.327 e. The summed E-state index contributed by atoms with van der Waals surface area (Å²) in [5.41, 5.74) is 0. The first kappa shape index (κ1) is 19.1. The lowest BCUT2D eigenvalue weighted by atomic mass is 10.0. The summed E-state index contributed by atoms with van der Waals surface area (Å²) in [6.45, 7) is 7.87. The number of likely N-dealkylation sites (tertiary alicyclic amines) is 1. The molecule has 2 saturated heterocycles. The summed E-state index contributed by atoms with van der Waals surface area (Å²) < 4.78 is 11.9. The number of para-hydroxylation sites is 2. The maximum absolute atomic E-state index is 12.8. The number of amides is 3. The van der Waals surface area contributed by atoms with E-state index in [2.05, 4.69) is 18.7 Å². The fourth-order valence-electron chi connectivity index (χ4n) is 4.36. The standard InChI is InChI=1S/C21H29N3O4/c1-15(2)10-23-13-20(25)24(21(23)26)16-6-5-9-22(11-16)12-17-14-27-18-7-3-4-8-19(18)28-17/h3-4,7-8,15-17H,5-6,9-14H2,1-2H3. The third-order valence-corrected chi connectivity index (χ3v) is 5.53. The van der Waals surface area contributed by atoms with E-state index in [1.807, 2.05) is 24.3 Å². The number of imide groups is 1. The van der Waals surface area contributed by atoms with E-state index < -0.39 is 0 Å². The van der Waals surface area contributed by atoms with Crippen molar-refractivity contribution in [2.75, 3.05) is 39.3 Å². The molecule has 0 N–H and O–H groups in total. The Balaban J connectivity index is 1.36. The van der Waals surface area contributed by atoms with Crippen LogP contribution >= 0.6 is 0 Å². The highest BCUT2D eigenvalue weighted by Gasteiger charge is 2.42. The zero-order chi connectivity index (χ0) is 19.7. The Morgan fingerprint density at radius 3 is 2.75 bits per heavy atom. The van der Waals surface area contributed by atoms with Crippen molar-refractivity contribution in [1.82, 2.24) is 14.7 Å². The van der Waals surface area contributed by atoms with Gasteiger partial charge in [0.1, 0.15) is 19.3 Å². The first-order valence-corrected chi connectivity index (χ1v) is 10.2. The van der Waals surface area contributed by atoms with Crippen LogP contribution in [0.5, 0.6) is 11.5 Å². The minimum atomic E-state index is -0.128. The van der Waals surface area contributed by atoms with Gasteiger partial charge >= 0.3 is 6.03 Å². The van der Waals surface area contributed by atoms with Gasteiger partial charge in [0.25, 0.3) is 5.91 Å². The van der Waals surface area contributed by atoms with Crippen LogP contribution in [0.4, 0.5) is 4.79 Å². The van der Waals surface area contributed by atoms with Crippen molar-refractivity contribution >= 4 is 11.9 Å². The number of benzene rings is 1. The smallest absolute Gasteiger partial charge is 0.327 e. The summed E-state index contributed by atoms with van der Waals surface area (Å²) in [7, 11) is 0. The lowest BCUT2D eigenvalue weighted by molar-refractivity contribution is -0.127. The van der Waals surface area contributed by atoms with E-state index in [0.717, 1.165) is 37.4 Å². The molecule has 4 rings (SSSR count). The molecular formula is C21H29N3O4. The fraction of sp³-hybridized carbons (Fsp3) is 0.619. The van der Waals surface area contributed by atoms with Gasteiger partial charge in [0.15, 0.2) is 11.5 Å². The molecule has 28 heavy (non-hydrogen) atoms. The second-order valence-electron chi connectivity index (χ2n) is 8.37. The van der Waals surface area contributed by atoms with E-state index in [1.54, 1.807) is 4.90 Å². The van der Waals surface area contributed by atoms with Crippen molar-refractivity contribution in [3.63, 3.8) is 0 Å². The molecule has 3 amide bonds. The molecule has 2 unspecified atom stereocenters. The monoisotopic (exact) mass is 387 g/mol. The second-order valence-corrected chi connectivity index (χ2v) is 8.37. The van der Waals surface area contributed by atoms with Crippen LogP contribution in [0.2, 0.25) is 0 Å². The van der Waals surface area contributed by atoms with Crippen LogP contribution in [0, 0.1) is 5.92 Å². The Bertz CT molecular complexity index is 738. The quantitative estimate of drug-likeness (QED) is 0.725. The van der Waals surface area contributed by atoms with E-state index in [4.69, 9.17) is 9.47 Å². The highest BCUT2D eigenvalue weighted by atomic mass is 16.6. The van der Waals surface area contributed by atoms with Gasteiger partial charge < -0.3 is 14.4 Å². The average Bonchev–Trinajstić information content (AvgIpc) is 2.94. The number of rotatable bonds is 5. The van der Waals surface area contributed by atoms with Gasteiger partial charge in [-0.3, -0.25) is 14.6 Å². The molecule has 1 aromatic rings. The normalized spacial score (nSPS) is 25.7.